The Morgan fingerprint density at radius 3 is 2.80 bits per heavy atom. The van der Waals surface area contributed by atoms with Crippen LogP contribution in [0, 0.1) is 17.8 Å². The Bertz CT molecular complexity index is 363. The van der Waals surface area contributed by atoms with Crippen LogP contribution in [0.5, 0.6) is 0 Å². The van der Waals surface area contributed by atoms with Gasteiger partial charge in [0.1, 0.15) is 0 Å². The average Bonchev–Trinajstić information content (AvgIpc) is 3.02. The summed E-state index contributed by atoms with van der Waals surface area (Å²) in [7, 11) is 0. The Balaban J connectivity index is 1.49. The Hall–Kier alpha value is -0.610. The average molecular weight is 280 g/mol. The smallest absolute Gasteiger partial charge is 0.237 e. The topological polar surface area (TPSA) is 61.4 Å². The van der Waals surface area contributed by atoms with E-state index in [1.807, 2.05) is 0 Å². The van der Waals surface area contributed by atoms with E-state index < -0.39 is 5.60 Å². The van der Waals surface area contributed by atoms with Crippen LogP contribution in [0.1, 0.15) is 51.9 Å². The minimum atomic E-state index is -0.671. The van der Waals surface area contributed by atoms with Gasteiger partial charge in [-0.3, -0.25) is 4.79 Å². The molecule has 2 saturated carbocycles. The van der Waals surface area contributed by atoms with Crippen molar-refractivity contribution in [2.45, 2.75) is 63.5 Å². The largest absolute Gasteiger partial charge is 0.388 e. The summed E-state index contributed by atoms with van der Waals surface area (Å²) in [5.41, 5.74) is -0.671. The highest BCUT2D eigenvalue weighted by atomic mass is 16.3. The van der Waals surface area contributed by atoms with E-state index >= 15 is 0 Å². The molecule has 0 bridgehead atoms. The summed E-state index contributed by atoms with van der Waals surface area (Å²) >= 11 is 0. The number of fused-ring (bicyclic) bond motifs is 1. The highest BCUT2D eigenvalue weighted by molar-refractivity contribution is 5.82. The van der Waals surface area contributed by atoms with Crippen LogP contribution in [0.4, 0.5) is 0 Å². The highest BCUT2D eigenvalue weighted by Gasteiger charge is 2.43. The zero-order valence-electron chi connectivity index (χ0n) is 12.5. The van der Waals surface area contributed by atoms with Gasteiger partial charge in [-0.25, -0.2) is 0 Å². The molecule has 4 nitrogen and oxygen atoms in total. The third-order valence-corrected chi connectivity index (χ3v) is 5.83. The maximum absolute atomic E-state index is 12.4. The van der Waals surface area contributed by atoms with E-state index in [4.69, 9.17) is 0 Å². The second-order valence-corrected chi connectivity index (χ2v) is 7.37. The molecule has 1 saturated heterocycles. The molecule has 3 rings (SSSR count). The molecule has 0 radical (unpaired) electrons. The summed E-state index contributed by atoms with van der Waals surface area (Å²) in [5.74, 6) is 2.04. The third kappa shape index (κ3) is 2.86. The molecule has 1 amide bonds. The second kappa shape index (κ2) is 5.64. The number of hydrogen-bond donors (Lipinski definition) is 3. The molecule has 1 heterocycles. The number of rotatable bonds is 3. The number of aliphatic hydroxyl groups is 1. The molecule has 3 unspecified atom stereocenters. The summed E-state index contributed by atoms with van der Waals surface area (Å²) in [4.78, 5) is 12.4. The molecule has 2 aliphatic carbocycles. The summed E-state index contributed by atoms with van der Waals surface area (Å²) in [5, 5.41) is 16.9. The van der Waals surface area contributed by atoms with Gasteiger partial charge in [0.2, 0.25) is 5.91 Å². The van der Waals surface area contributed by atoms with Gasteiger partial charge in [0.05, 0.1) is 11.6 Å². The van der Waals surface area contributed by atoms with Gasteiger partial charge in [-0.15, -0.1) is 0 Å². The Kier molecular flexibility index (Phi) is 4.04. The van der Waals surface area contributed by atoms with Crippen LogP contribution in [-0.4, -0.2) is 35.7 Å². The molecule has 4 heteroatoms. The lowest BCUT2D eigenvalue weighted by Gasteiger charge is -2.35. The summed E-state index contributed by atoms with van der Waals surface area (Å²) in [6, 6.07) is -0.0198. The molecule has 0 aromatic rings. The third-order valence-electron chi connectivity index (χ3n) is 5.83. The molecule has 3 fully saturated rings. The monoisotopic (exact) mass is 280 g/mol. The molecular formula is C16H28N2O2. The molecular weight excluding hydrogens is 252 g/mol. The molecule has 114 valence electrons. The first kappa shape index (κ1) is 14.3. The van der Waals surface area contributed by atoms with E-state index in [0.717, 1.165) is 32.2 Å². The number of hydrogen-bond acceptors (Lipinski definition) is 3. The van der Waals surface area contributed by atoms with Crippen molar-refractivity contribution in [2.75, 3.05) is 13.1 Å². The van der Waals surface area contributed by atoms with Crippen molar-refractivity contribution in [1.82, 2.24) is 10.6 Å². The fourth-order valence-corrected chi connectivity index (χ4v) is 4.31. The van der Waals surface area contributed by atoms with Gasteiger partial charge in [0.15, 0.2) is 0 Å². The predicted molar refractivity (Wildman–Crippen MR) is 78.2 cm³/mol. The maximum atomic E-state index is 12.4. The first-order chi connectivity index (χ1) is 9.57. The number of carbonyl (C=O) groups excluding carboxylic acids is 1. The Morgan fingerprint density at radius 2 is 2.05 bits per heavy atom. The van der Waals surface area contributed by atoms with Gasteiger partial charge in [-0.1, -0.05) is 13.3 Å². The van der Waals surface area contributed by atoms with Crippen molar-refractivity contribution in [3.8, 4) is 0 Å². The van der Waals surface area contributed by atoms with Crippen LogP contribution in [-0.2, 0) is 4.79 Å². The van der Waals surface area contributed by atoms with E-state index in [1.54, 1.807) is 0 Å². The van der Waals surface area contributed by atoms with Crippen molar-refractivity contribution >= 4 is 5.91 Å². The molecule has 0 aromatic heterocycles. The van der Waals surface area contributed by atoms with Crippen LogP contribution in [0.2, 0.25) is 0 Å². The quantitative estimate of drug-likeness (QED) is 0.733. The van der Waals surface area contributed by atoms with Gasteiger partial charge >= 0.3 is 0 Å². The van der Waals surface area contributed by atoms with Crippen LogP contribution < -0.4 is 10.6 Å². The van der Waals surface area contributed by atoms with E-state index in [-0.39, 0.29) is 11.9 Å². The van der Waals surface area contributed by atoms with Crippen LogP contribution in [0.15, 0.2) is 0 Å². The van der Waals surface area contributed by atoms with E-state index in [0.29, 0.717) is 24.3 Å². The molecule has 20 heavy (non-hydrogen) atoms. The van der Waals surface area contributed by atoms with Gasteiger partial charge in [-0.2, -0.15) is 0 Å². The molecule has 0 aromatic carbocycles. The van der Waals surface area contributed by atoms with Gasteiger partial charge in [-0.05, 0) is 62.8 Å². The van der Waals surface area contributed by atoms with Crippen LogP contribution in [0.3, 0.4) is 0 Å². The van der Waals surface area contributed by atoms with Crippen molar-refractivity contribution in [3.63, 3.8) is 0 Å². The zero-order chi connectivity index (χ0) is 14.2. The first-order valence-electron chi connectivity index (χ1n) is 8.31. The second-order valence-electron chi connectivity index (χ2n) is 7.37. The minimum Gasteiger partial charge on any atom is -0.388 e. The first-order valence-corrected chi connectivity index (χ1v) is 8.31. The molecule has 0 spiro atoms. The lowest BCUT2D eigenvalue weighted by molar-refractivity contribution is -0.125. The SMILES string of the molecule is CC1CCC(O)(CNC(=O)C2NCC3CCCC32)CC1. The van der Waals surface area contributed by atoms with Gasteiger partial charge in [0, 0.05) is 6.54 Å². The summed E-state index contributed by atoms with van der Waals surface area (Å²) in [6.45, 7) is 3.65. The van der Waals surface area contributed by atoms with E-state index in [2.05, 4.69) is 17.6 Å². The van der Waals surface area contributed by atoms with Crippen molar-refractivity contribution in [2.24, 2.45) is 17.8 Å². The number of amides is 1. The van der Waals surface area contributed by atoms with Crippen molar-refractivity contribution < 1.29 is 9.90 Å². The van der Waals surface area contributed by atoms with Gasteiger partial charge in [0.25, 0.3) is 0 Å². The van der Waals surface area contributed by atoms with Crippen LogP contribution in [0.25, 0.3) is 0 Å². The normalized spacial score (nSPS) is 44.3. The number of carbonyl (C=O) groups is 1. The zero-order valence-corrected chi connectivity index (χ0v) is 12.5. The maximum Gasteiger partial charge on any atom is 0.237 e. The molecule has 3 N–H and O–H groups in total. The number of nitrogens with one attached hydrogen (secondary N) is 2. The van der Waals surface area contributed by atoms with Crippen molar-refractivity contribution in [1.29, 1.82) is 0 Å². The minimum absolute atomic E-state index is 0.0198. The van der Waals surface area contributed by atoms with Crippen LogP contribution >= 0.6 is 0 Å². The van der Waals surface area contributed by atoms with E-state index in [9.17, 15) is 9.90 Å². The molecule has 3 atom stereocenters. The van der Waals surface area contributed by atoms with E-state index in [1.165, 1.54) is 19.3 Å². The predicted octanol–water partition coefficient (Wildman–Crippen LogP) is 1.43. The lowest BCUT2D eigenvalue weighted by Crippen LogP contribution is -2.50. The fourth-order valence-electron chi connectivity index (χ4n) is 4.31. The lowest BCUT2D eigenvalue weighted by atomic mass is 9.79. The van der Waals surface area contributed by atoms with Gasteiger partial charge < -0.3 is 15.7 Å². The Labute approximate surface area is 121 Å². The Morgan fingerprint density at radius 1 is 1.30 bits per heavy atom. The van der Waals surface area contributed by atoms with Crippen molar-refractivity contribution in [3.05, 3.63) is 0 Å². The summed E-state index contributed by atoms with van der Waals surface area (Å²) in [6.07, 6.45) is 7.48. The molecule has 1 aliphatic heterocycles. The standard InChI is InChI=1S/C16H28N2O2/c1-11-5-7-16(20,8-6-11)10-18-15(19)14-13-4-2-3-12(13)9-17-14/h11-14,17,20H,2-10H2,1H3,(H,18,19). The molecule has 3 aliphatic rings. The fraction of sp³-hybridized carbons (Fsp3) is 0.938. The highest BCUT2D eigenvalue weighted by Crippen LogP contribution is 2.38. The summed E-state index contributed by atoms with van der Waals surface area (Å²) < 4.78 is 0.